The molecule has 1 fully saturated rings. The molecule has 5 nitrogen and oxygen atoms in total. The highest BCUT2D eigenvalue weighted by Gasteiger charge is 2.18. The first-order chi connectivity index (χ1) is 10.2. The molecule has 2 aromatic rings. The molecule has 1 N–H and O–H groups in total. The third kappa shape index (κ3) is 3.46. The molecule has 3 rings (SSSR count). The second-order valence-electron chi connectivity index (χ2n) is 6.20. The van der Waals surface area contributed by atoms with Crippen molar-refractivity contribution in [2.45, 2.75) is 64.6 Å². The maximum absolute atomic E-state index is 4.68. The van der Waals surface area contributed by atoms with Crippen molar-refractivity contribution in [1.29, 1.82) is 0 Å². The summed E-state index contributed by atoms with van der Waals surface area (Å²) in [6.07, 6.45) is 14.4. The van der Waals surface area contributed by atoms with Crippen molar-refractivity contribution < 1.29 is 0 Å². The van der Waals surface area contributed by atoms with Crippen LogP contribution in [0.5, 0.6) is 0 Å². The lowest BCUT2D eigenvalue weighted by atomic mass is 9.96. The molecule has 1 unspecified atom stereocenters. The molecular formula is C16H25N5. The van der Waals surface area contributed by atoms with Crippen LogP contribution >= 0.6 is 0 Å². The average Bonchev–Trinajstić information content (AvgIpc) is 3.10. The Bertz CT molecular complexity index is 551. The fourth-order valence-electron chi connectivity index (χ4n) is 3.18. The topological polar surface area (TPSA) is 47.7 Å². The Hall–Kier alpha value is -1.78. The van der Waals surface area contributed by atoms with E-state index in [1.807, 2.05) is 18.7 Å². The summed E-state index contributed by atoms with van der Waals surface area (Å²) in [5, 5.41) is 3.66. The summed E-state index contributed by atoms with van der Waals surface area (Å²) < 4.78 is 4.38. The fourth-order valence-corrected chi connectivity index (χ4v) is 3.18. The number of rotatable bonds is 5. The van der Waals surface area contributed by atoms with E-state index >= 15 is 0 Å². The minimum absolute atomic E-state index is 0.353. The van der Waals surface area contributed by atoms with E-state index in [0.717, 1.165) is 18.2 Å². The number of nitrogens with one attached hydrogen (secondary N) is 1. The number of nitrogens with zero attached hydrogens (tertiary/aromatic N) is 4. The molecule has 0 bridgehead atoms. The van der Waals surface area contributed by atoms with E-state index in [-0.39, 0.29) is 0 Å². The third-order valence-electron chi connectivity index (χ3n) is 4.30. The molecule has 1 saturated carbocycles. The molecule has 1 aliphatic rings. The monoisotopic (exact) mass is 287 g/mol. The molecule has 0 radical (unpaired) electrons. The van der Waals surface area contributed by atoms with E-state index in [9.17, 15) is 0 Å². The van der Waals surface area contributed by atoms with Gasteiger partial charge in [0.1, 0.15) is 0 Å². The zero-order valence-electron chi connectivity index (χ0n) is 13.0. The van der Waals surface area contributed by atoms with Gasteiger partial charge in [0.25, 0.3) is 0 Å². The molecule has 0 saturated heterocycles. The summed E-state index contributed by atoms with van der Waals surface area (Å²) in [5.74, 6) is 1.02. The van der Waals surface area contributed by atoms with Crippen LogP contribution in [0.1, 0.15) is 50.8 Å². The summed E-state index contributed by atoms with van der Waals surface area (Å²) in [6.45, 7) is 5.20. The molecule has 1 aliphatic carbocycles. The standard InChI is InChI=1S/C16H25N5/c1-13-10-21(14(2)11-20-9-8-17-12-20)16(18-13)19-15-6-4-3-5-7-15/h8-10,12,14-15H,3-7,11H2,1-2H3,(H,18,19). The first-order valence-electron chi connectivity index (χ1n) is 8.00. The second kappa shape index (κ2) is 6.33. The van der Waals surface area contributed by atoms with Gasteiger partial charge in [-0.1, -0.05) is 19.3 Å². The molecule has 21 heavy (non-hydrogen) atoms. The van der Waals surface area contributed by atoms with Gasteiger partial charge in [0.2, 0.25) is 5.95 Å². The molecule has 0 aliphatic heterocycles. The minimum Gasteiger partial charge on any atom is -0.353 e. The Kier molecular flexibility index (Phi) is 4.27. The van der Waals surface area contributed by atoms with Crippen molar-refractivity contribution in [3.05, 3.63) is 30.6 Å². The Morgan fingerprint density at radius 3 is 2.86 bits per heavy atom. The molecular weight excluding hydrogens is 262 g/mol. The Morgan fingerprint density at radius 1 is 1.33 bits per heavy atom. The Balaban J connectivity index is 1.71. The number of hydrogen-bond acceptors (Lipinski definition) is 3. The van der Waals surface area contributed by atoms with E-state index in [4.69, 9.17) is 0 Å². The lowest BCUT2D eigenvalue weighted by molar-refractivity contribution is 0.443. The van der Waals surface area contributed by atoms with Gasteiger partial charge in [-0.05, 0) is 26.7 Å². The molecule has 0 spiro atoms. The first-order valence-corrected chi connectivity index (χ1v) is 8.00. The molecule has 0 aromatic carbocycles. The highest BCUT2D eigenvalue weighted by molar-refractivity contribution is 5.31. The predicted molar refractivity (Wildman–Crippen MR) is 84.4 cm³/mol. The van der Waals surface area contributed by atoms with Crippen molar-refractivity contribution >= 4 is 5.95 Å². The van der Waals surface area contributed by atoms with Crippen LogP contribution in [0.2, 0.25) is 0 Å². The number of anilines is 1. The van der Waals surface area contributed by atoms with Crippen LogP contribution in [0.15, 0.2) is 24.9 Å². The van der Waals surface area contributed by atoms with Crippen LogP contribution in [0.4, 0.5) is 5.95 Å². The van der Waals surface area contributed by atoms with E-state index in [0.29, 0.717) is 12.1 Å². The molecule has 0 amide bonds. The van der Waals surface area contributed by atoms with E-state index < -0.39 is 0 Å². The maximum Gasteiger partial charge on any atom is 0.203 e. The van der Waals surface area contributed by atoms with Gasteiger partial charge in [-0.3, -0.25) is 0 Å². The van der Waals surface area contributed by atoms with Crippen molar-refractivity contribution in [1.82, 2.24) is 19.1 Å². The minimum atomic E-state index is 0.353. The van der Waals surface area contributed by atoms with Gasteiger partial charge < -0.3 is 14.5 Å². The van der Waals surface area contributed by atoms with E-state index in [1.165, 1.54) is 32.1 Å². The zero-order valence-corrected chi connectivity index (χ0v) is 13.0. The van der Waals surface area contributed by atoms with Crippen LogP contribution in [-0.2, 0) is 6.54 Å². The van der Waals surface area contributed by atoms with Crippen molar-refractivity contribution in [2.24, 2.45) is 0 Å². The quantitative estimate of drug-likeness (QED) is 0.917. The van der Waals surface area contributed by atoms with Crippen LogP contribution in [0, 0.1) is 6.92 Å². The molecule has 114 valence electrons. The van der Waals surface area contributed by atoms with Crippen LogP contribution in [0.3, 0.4) is 0 Å². The number of hydrogen-bond donors (Lipinski definition) is 1. The van der Waals surface area contributed by atoms with Gasteiger partial charge in [0.05, 0.1) is 18.1 Å². The van der Waals surface area contributed by atoms with Crippen LogP contribution in [0.25, 0.3) is 0 Å². The van der Waals surface area contributed by atoms with Gasteiger partial charge in [-0.25, -0.2) is 9.97 Å². The zero-order chi connectivity index (χ0) is 14.7. The van der Waals surface area contributed by atoms with E-state index in [1.54, 1.807) is 0 Å². The average molecular weight is 287 g/mol. The number of imidazole rings is 2. The summed E-state index contributed by atoms with van der Waals surface area (Å²) in [7, 11) is 0. The van der Waals surface area contributed by atoms with Crippen LogP contribution in [-0.4, -0.2) is 25.1 Å². The van der Waals surface area contributed by atoms with Crippen molar-refractivity contribution in [2.75, 3.05) is 5.32 Å². The third-order valence-corrected chi connectivity index (χ3v) is 4.30. The summed E-state index contributed by atoms with van der Waals surface area (Å²) >= 11 is 0. The largest absolute Gasteiger partial charge is 0.353 e. The summed E-state index contributed by atoms with van der Waals surface area (Å²) in [4.78, 5) is 8.79. The SMILES string of the molecule is Cc1cn(C(C)Cn2ccnc2)c(NC2CCCCC2)n1. The summed E-state index contributed by atoms with van der Waals surface area (Å²) in [5.41, 5.74) is 1.07. The molecule has 2 aromatic heterocycles. The molecule has 5 heteroatoms. The summed E-state index contributed by atoms with van der Waals surface area (Å²) in [6, 6.07) is 0.936. The predicted octanol–water partition coefficient (Wildman–Crippen LogP) is 3.39. The van der Waals surface area contributed by atoms with Gasteiger partial charge in [0.15, 0.2) is 0 Å². The molecule has 1 atom stereocenters. The highest BCUT2D eigenvalue weighted by atomic mass is 15.2. The van der Waals surface area contributed by atoms with Crippen molar-refractivity contribution in [3.63, 3.8) is 0 Å². The van der Waals surface area contributed by atoms with Crippen LogP contribution < -0.4 is 5.32 Å². The van der Waals surface area contributed by atoms with Crippen molar-refractivity contribution in [3.8, 4) is 0 Å². The van der Waals surface area contributed by atoms with E-state index in [2.05, 4.69) is 44.5 Å². The Morgan fingerprint density at radius 2 is 2.14 bits per heavy atom. The highest BCUT2D eigenvalue weighted by Crippen LogP contribution is 2.23. The normalized spacial score (nSPS) is 17.8. The lowest BCUT2D eigenvalue weighted by Gasteiger charge is -2.25. The van der Waals surface area contributed by atoms with Gasteiger partial charge >= 0.3 is 0 Å². The first kappa shape index (κ1) is 14.2. The number of aryl methyl sites for hydroxylation is 1. The van der Waals surface area contributed by atoms with Gasteiger partial charge in [-0.2, -0.15) is 0 Å². The van der Waals surface area contributed by atoms with Gasteiger partial charge in [-0.15, -0.1) is 0 Å². The molecule has 2 heterocycles. The number of aromatic nitrogens is 4. The maximum atomic E-state index is 4.68. The second-order valence-corrected chi connectivity index (χ2v) is 6.20. The Labute approximate surface area is 126 Å². The van der Waals surface area contributed by atoms with Gasteiger partial charge in [0, 0.05) is 31.2 Å². The smallest absolute Gasteiger partial charge is 0.203 e. The fraction of sp³-hybridized carbons (Fsp3) is 0.625. The lowest BCUT2D eigenvalue weighted by Crippen LogP contribution is -2.25.